The molecule has 0 aromatic rings. The number of rotatable bonds is 1. The van der Waals surface area contributed by atoms with E-state index < -0.39 is 0 Å². The average molecular weight is 156 g/mol. The van der Waals surface area contributed by atoms with E-state index in [1.807, 2.05) is 6.92 Å². The predicted octanol–water partition coefficient (Wildman–Crippen LogP) is 1.51. The Morgan fingerprint density at radius 1 is 1.60 bits per heavy atom. The fraction of sp³-hybridized carbons (Fsp3) is 0.429. The molecule has 1 fully saturated rings. The van der Waals surface area contributed by atoms with Crippen molar-refractivity contribution in [3.63, 3.8) is 0 Å². The van der Waals surface area contributed by atoms with Crippen molar-refractivity contribution in [2.24, 2.45) is 0 Å². The van der Waals surface area contributed by atoms with Crippen LogP contribution in [0.25, 0.3) is 0 Å². The van der Waals surface area contributed by atoms with Crippen LogP contribution in [0.4, 0.5) is 0 Å². The van der Waals surface area contributed by atoms with E-state index in [-0.39, 0.29) is 17.3 Å². The number of hydrogen-bond donors (Lipinski definition) is 0. The maximum absolute atomic E-state index is 10.9. The molecule has 0 saturated carbocycles. The highest BCUT2D eigenvalue weighted by Gasteiger charge is 2.24. The van der Waals surface area contributed by atoms with E-state index in [1.165, 1.54) is 0 Å². The van der Waals surface area contributed by atoms with E-state index in [2.05, 4.69) is 0 Å². The van der Waals surface area contributed by atoms with E-state index in [0.29, 0.717) is 4.91 Å². The van der Waals surface area contributed by atoms with E-state index in [4.69, 9.17) is 0 Å². The maximum Gasteiger partial charge on any atom is 0.201 e. The number of carbonyl (C=O) groups excluding carboxylic acids is 2. The van der Waals surface area contributed by atoms with Crippen molar-refractivity contribution in [2.75, 3.05) is 0 Å². The van der Waals surface area contributed by atoms with Gasteiger partial charge in [0, 0.05) is 0 Å². The molecule has 1 aliphatic heterocycles. The highest BCUT2D eigenvalue weighted by Crippen LogP contribution is 2.28. The van der Waals surface area contributed by atoms with Crippen molar-refractivity contribution in [3.05, 3.63) is 11.0 Å². The number of thioether (sulfide) groups is 1. The Balaban J connectivity index is 2.72. The molecule has 10 heavy (non-hydrogen) atoms. The van der Waals surface area contributed by atoms with Crippen LogP contribution in [0.2, 0.25) is 0 Å². The van der Waals surface area contributed by atoms with E-state index in [1.54, 1.807) is 6.08 Å². The van der Waals surface area contributed by atoms with Gasteiger partial charge < -0.3 is 0 Å². The summed E-state index contributed by atoms with van der Waals surface area (Å²) < 4.78 is 0. The fourth-order valence-corrected chi connectivity index (χ4v) is 1.66. The molecule has 0 atom stereocenters. The first-order chi connectivity index (χ1) is 4.74. The molecule has 0 spiro atoms. The molecule has 0 bridgehead atoms. The number of Topliss-reactive ketones (excluding diaryl/α,β-unsaturated/α-hetero) is 1. The van der Waals surface area contributed by atoms with Crippen LogP contribution >= 0.6 is 11.8 Å². The van der Waals surface area contributed by atoms with Crippen LogP contribution in [0.3, 0.4) is 0 Å². The summed E-state index contributed by atoms with van der Waals surface area (Å²) in [5.74, 6) is -0.0168. The van der Waals surface area contributed by atoms with Crippen LogP contribution in [0.15, 0.2) is 11.0 Å². The summed E-state index contributed by atoms with van der Waals surface area (Å²) in [7, 11) is 0. The van der Waals surface area contributed by atoms with Crippen molar-refractivity contribution in [2.45, 2.75) is 19.8 Å². The minimum Gasteiger partial charge on any atom is -0.293 e. The van der Waals surface area contributed by atoms with Crippen LogP contribution in [-0.2, 0) is 9.59 Å². The quantitative estimate of drug-likeness (QED) is 0.426. The lowest BCUT2D eigenvalue weighted by molar-refractivity contribution is -0.119. The number of allylic oxidation sites excluding steroid dienone is 2. The van der Waals surface area contributed by atoms with E-state index in [9.17, 15) is 9.59 Å². The third kappa shape index (κ3) is 1.48. The second-order valence-electron chi connectivity index (χ2n) is 2.05. The molecule has 0 aromatic heterocycles. The first-order valence-corrected chi connectivity index (χ1v) is 3.99. The normalized spacial score (nSPS) is 22.7. The molecule has 0 aromatic carbocycles. The van der Waals surface area contributed by atoms with Gasteiger partial charge in [-0.25, -0.2) is 0 Å². The lowest BCUT2D eigenvalue weighted by atomic mass is 10.2. The highest BCUT2D eigenvalue weighted by atomic mass is 32.2. The zero-order valence-corrected chi connectivity index (χ0v) is 6.53. The molecule has 1 saturated heterocycles. The summed E-state index contributed by atoms with van der Waals surface area (Å²) >= 11 is 1.07. The number of carbonyl (C=O) groups is 2. The molecule has 0 radical (unpaired) electrons. The molecule has 0 unspecified atom stereocenters. The third-order valence-corrected chi connectivity index (χ3v) is 2.18. The van der Waals surface area contributed by atoms with Gasteiger partial charge in [-0.15, -0.1) is 0 Å². The number of hydrogen-bond acceptors (Lipinski definition) is 3. The SMILES string of the molecule is CCC=C1SC(=O)CC1=O. The van der Waals surface area contributed by atoms with E-state index in [0.717, 1.165) is 18.2 Å². The highest BCUT2D eigenvalue weighted by molar-refractivity contribution is 8.18. The maximum atomic E-state index is 10.9. The molecule has 1 heterocycles. The fourth-order valence-electron chi connectivity index (χ4n) is 0.775. The van der Waals surface area contributed by atoms with Crippen molar-refractivity contribution < 1.29 is 9.59 Å². The summed E-state index contributed by atoms with van der Waals surface area (Å²) in [5.41, 5.74) is 0. The summed E-state index contributed by atoms with van der Waals surface area (Å²) in [5, 5.41) is -0.0234. The minimum atomic E-state index is -0.0234. The van der Waals surface area contributed by atoms with Crippen LogP contribution in [0.1, 0.15) is 19.8 Å². The lowest BCUT2D eigenvalue weighted by Gasteiger charge is -1.86. The zero-order chi connectivity index (χ0) is 7.56. The Morgan fingerprint density at radius 2 is 2.30 bits per heavy atom. The second kappa shape index (κ2) is 3.01. The van der Waals surface area contributed by atoms with Crippen LogP contribution in [-0.4, -0.2) is 10.9 Å². The topological polar surface area (TPSA) is 34.1 Å². The summed E-state index contributed by atoms with van der Waals surface area (Å²) in [6, 6.07) is 0. The summed E-state index contributed by atoms with van der Waals surface area (Å²) in [6.45, 7) is 1.95. The Labute approximate surface area is 63.7 Å². The summed E-state index contributed by atoms with van der Waals surface area (Å²) in [4.78, 5) is 22.1. The van der Waals surface area contributed by atoms with Crippen molar-refractivity contribution in [3.8, 4) is 0 Å². The Bertz CT molecular complexity index is 206. The molecular weight excluding hydrogens is 148 g/mol. The molecule has 1 rings (SSSR count). The Kier molecular flexibility index (Phi) is 2.27. The molecular formula is C7H8O2S. The average Bonchev–Trinajstić information content (AvgIpc) is 2.13. The Morgan fingerprint density at radius 3 is 2.70 bits per heavy atom. The molecule has 1 aliphatic rings. The van der Waals surface area contributed by atoms with Crippen LogP contribution in [0.5, 0.6) is 0 Å². The van der Waals surface area contributed by atoms with Gasteiger partial charge in [0.1, 0.15) is 0 Å². The monoisotopic (exact) mass is 156 g/mol. The van der Waals surface area contributed by atoms with Gasteiger partial charge in [-0.2, -0.15) is 0 Å². The van der Waals surface area contributed by atoms with Gasteiger partial charge in [0.25, 0.3) is 0 Å². The van der Waals surface area contributed by atoms with Crippen molar-refractivity contribution in [1.82, 2.24) is 0 Å². The minimum absolute atomic E-state index is 0.0168. The first kappa shape index (κ1) is 7.54. The lowest BCUT2D eigenvalue weighted by Crippen LogP contribution is -1.91. The first-order valence-electron chi connectivity index (χ1n) is 3.18. The molecule has 0 amide bonds. The van der Waals surface area contributed by atoms with Gasteiger partial charge in [-0.05, 0) is 18.2 Å². The second-order valence-corrected chi connectivity index (χ2v) is 3.15. The van der Waals surface area contributed by atoms with Crippen molar-refractivity contribution >= 4 is 22.7 Å². The van der Waals surface area contributed by atoms with Gasteiger partial charge in [-0.1, -0.05) is 13.0 Å². The standard InChI is InChI=1S/C7H8O2S/c1-2-3-6-5(8)4-7(9)10-6/h3H,2,4H2,1H3. The van der Waals surface area contributed by atoms with Crippen LogP contribution < -0.4 is 0 Å². The Hall–Kier alpha value is -0.570. The van der Waals surface area contributed by atoms with Gasteiger partial charge in [-0.3, -0.25) is 9.59 Å². The van der Waals surface area contributed by atoms with E-state index >= 15 is 0 Å². The van der Waals surface area contributed by atoms with Crippen LogP contribution in [0, 0.1) is 0 Å². The summed E-state index contributed by atoms with van der Waals surface area (Å²) in [6.07, 6.45) is 2.72. The molecule has 3 heteroatoms. The van der Waals surface area contributed by atoms with Gasteiger partial charge in [0.2, 0.25) is 5.12 Å². The zero-order valence-electron chi connectivity index (χ0n) is 5.72. The molecule has 2 nitrogen and oxygen atoms in total. The molecule has 54 valence electrons. The van der Waals surface area contributed by atoms with Crippen molar-refractivity contribution in [1.29, 1.82) is 0 Å². The van der Waals surface area contributed by atoms with Gasteiger partial charge >= 0.3 is 0 Å². The largest absolute Gasteiger partial charge is 0.293 e. The predicted molar refractivity (Wildman–Crippen MR) is 40.6 cm³/mol. The third-order valence-electron chi connectivity index (χ3n) is 1.19. The molecule has 0 aliphatic carbocycles. The van der Waals surface area contributed by atoms with Gasteiger partial charge in [0.05, 0.1) is 11.3 Å². The smallest absolute Gasteiger partial charge is 0.201 e. The van der Waals surface area contributed by atoms with Gasteiger partial charge in [0.15, 0.2) is 5.78 Å². The molecule has 0 N–H and O–H groups in total. The number of ketones is 1.